The lowest BCUT2D eigenvalue weighted by atomic mass is 10.2. The third-order valence-corrected chi connectivity index (χ3v) is 5.11. The number of ether oxygens (including phenoxy) is 1. The summed E-state index contributed by atoms with van der Waals surface area (Å²) in [5.41, 5.74) is 1.47. The van der Waals surface area contributed by atoms with Crippen molar-refractivity contribution in [1.29, 1.82) is 0 Å². The number of halogens is 4. The van der Waals surface area contributed by atoms with Crippen LogP contribution in [-0.4, -0.2) is 21.4 Å². The lowest BCUT2D eigenvalue weighted by molar-refractivity contribution is -0.0498. The van der Waals surface area contributed by atoms with Crippen LogP contribution in [-0.2, 0) is 12.3 Å². The summed E-state index contributed by atoms with van der Waals surface area (Å²) in [6, 6.07) is 10.4. The summed E-state index contributed by atoms with van der Waals surface area (Å²) in [6.45, 7) is 1.33. The van der Waals surface area contributed by atoms with Gasteiger partial charge in [-0.1, -0.05) is 35.5 Å². The standard InChI is InChI=1S/C19H15ClF3N3OS/c1-2-9-26-17(12-4-7-15(8-5-12)27-18(22)23)24-25-19(26)28-11-13-3-6-14(21)10-16(13)20/h2-8,10,18H,1,9,11H2. The molecule has 0 amide bonds. The van der Waals surface area contributed by atoms with E-state index >= 15 is 0 Å². The fourth-order valence-corrected chi connectivity index (χ4v) is 3.73. The van der Waals surface area contributed by atoms with Crippen molar-refractivity contribution in [1.82, 2.24) is 14.8 Å². The molecular weight excluding hydrogens is 411 g/mol. The van der Waals surface area contributed by atoms with E-state index in [4.69, 9.17) is 11.6 Å². The lowest BCUT2D eigenvalue weighted by Crippen LogP contribution is -2.02. The maximum Gasteiger partial charge on any atom is 0.387 e. The summed E-state index contributed by atoms with van der Waals surface area (Å²) in [5.74, 6) is 0.718. The zero-order valence-electron chi connectivity index (χ0n) is 14.5. The van der Waals surface area contributed by atoms with Gasteiger partial charge in [0.2, 0.25) is 0 Å². The number of rotatable bonds is 8. The van der Waals surface area contributed by atoms with E-state index in [2.05, 4.69) is 21.5 Å². The Hall–Kier alpha value is -2.45. The molecule has 0 saturated heterocycles. The van der Waals surface area contributed by atoms with Gasteiger partial charge in [0.15, 0.2) is 11.0 Å². The number of thioether (sulfide) groups is 1. The number of hydrogen-bond acceptors (Lipinski definition) is 4. The average molecular weight is 426 g/mol. The van der Waals surface area contributed by atoms with E-state index in [9.17, 15) is 13.2 Å². The van der Waals surface area contributed by atoms with Gasteiger partial charge in [0.05, 0.1) is 0 Å². The minimum Gasteiger partial charge on any atom is -0.435 e. The zero-order chi connectivity index (χ0) is 20.1. The molecule has 0 aliphatic rings. The first kappa shape index (κ1) is 20.3. The molecule has 0 unspecified atom stereocenters. The molecule has 0 N–H and O–H groups in total. The van der Waals surface area contributed by atoms with Crippen LogP contribution in [0.15, 0.2) is 60.3 Å². The molecule has 2 aromatic carbocycles. The smallest absolute Gasteiger partial charge is 0.387 e. The van der Waals surface area contributed by atoms with Crippen molar-refractivity contribution in [3.05, 3.63) is 71.5 Å². The van der Waals surface area contributed by atoms with Crippen molar-refractivity contribution < 1.29 is 17.9 Å². The van der Waals surface area contributed by atoms with Gasteiger partial charge in [0, 0.05) is 22.9 Å². The highest BCUT2D eigenvalue weighted by Crippen LogP contribution is 2.30. The Bertz CT molecular complexity index is 964. The van der Waals surface area contributed by atoms with Crippen molar-refractivity contribution in [3.8, 4) is 17.1 Å². The van der Waals surface area contributed by atoms with Crippen LogP contribution in [0.4, 0.5) is 13.2 Å². The molecule has 146 valence electrons. The highest BCUT2D eigenvalue weighted by atomic mass is 35.5. The molecule has 28 heavy (non-hydrogen) atoms. The van der Waals surface area contributed by atoms with Gasteiger partial charge in [-0.3, -0.25) is 4.57 Å². The predicted octanol–water partition coefficient (Wildman–Crippen LogP) is 5.82. The molecule has 9 heteroatoms. The summed E-state index contributed by atoms with van der Waals surface area (Å²) in [4.78, 5) is 0. The number of alkyl halides is 2. The molecule has 0 saturated carbocycles. The second kappa shape index (κ2) is 9.16. The van der Waals surface area contributed by atoms with Crippen LogP contribution in [0.5, 0.6) is 5.75 Å². The Balaban J connectivity index is 1.82. The molecule has 3 rings (SSSR count). The van der Waals surface area contributed by atoms with E-state index < -0.39 is 12.4 Å². The average Bonchev–Trinajstić information content (AvgIpc) is 3.04. The number of nitrogens with zero attached hydrogens (tertiary/aromatic N) is 3. The molecule has 0 aliphatic carbocycles. The third kappa shape index (κ3) is 4.88. The molecule has 0 atom stereocenters. The summed E-state index contributed by atoms with van der Waals surface area (Å²) >= 11 is 7.47. The molecule has 0 fully saturated rings. The Morgan fingerprint density at radius 3 is 2.57 bits per heavy atom. The van der Waals surface area contributed by atoms with E-state index in [-0.39, 0.29) is 5.75 Å². The summed E-state index contributed by atoms with van der Waals surface area (Å²) < 4.78 is 44.0. The fraction of sp³-hybridized carbons (Fsp3) is 0.158. The lowest BCUT2D eigenvalue weighted by Gasteiger charge is -2.09. The second-order valence-electron chi connectivity index (χ2n) is 5.63. The highest BCUT2D eigenvalue weighted by Gasteiger charge is 2.15. The quantitative estimate of drug-likeness (QED) is 0.337. The van der Waals surface area contributed by atoms with Gasteiger partial charge in [0.1, 0.15) is 11.6 Å². The van der Waals surface area contributed by atoms with Crippen LogP contribution in [0.1, 0.15) is 5.56 Å². The molecule has 0 radical (unpaired) electrons. The zero-order valence-corrected chi connectivity index (χ0v) is 16.1. The fourth-order valence-electron chi connectivity index (χ4n) is 2.47. The SMILES string of the molecule is C=CCn1c(SCc2ccc(F)cc2Cl)nnc1-c1ccc(OC(F)F)cc1. The normalized spacial score (nSPS) is 11.0. The van der Waals surface area contributed by atoms with Gasteiger partial charge in [-0.25, -0.2) is 4.39 Å². The number of aromatic nitrogens is 3. The third-order valence-electron chi connectivity index (χ3n) is 3.74. The number of allylic oxidation sites excluding steroid dienone is 1. The van der Waals surface area contributed by atoms with Crippen molar-refractivity contribution >= 4 is 23.4 Å². The van der Waals surface area contributed by atoms with Gasteiger partial charge in [0.25, 0.3) is 0 Å². The van der Waals surface area contributed by atoms with Gasteiger partial charge in [-0.15, -0.1) is 16.8 Å². The Labute approximate surface area is 169 Å². The van der Waals surface area contributed by atoms with Gasteiger partial charge < -0.3 is 4.74 Å². The van der Waals surface area contributed by atoms with Gasteiger partial charge in [-0.2, -0.15) is 8.78 Å². The van der Waals surface area contributed by atoms with Gasteiger partial charge >= 0.3 is 6.61 Å². The summed E-state index contributed by atoms with van der Waals surface area (Å²) in [5, 5.41) is 9.38. The van der Waals surface area contributed by atoms with Crippen LogP contribution in [0.3, 0.4) is 0 Å². The molecule has 1 aromatic heterocycles. The van der Waals surface area contributed by atoms with Crippen LogP contribution in [0.2, 0.25) is 5.02 Å². The largest absolute Gasteiger partial charge is 0.435 e. The first-order valence-electron chi connectivity index (χ1n) is 8.14. The topological polar surface area (TPSA) is 39.9 Å². The maximum absolute atomic E-state index is 13.2. The van der Waals surface area contributed by atoms with E-state index in [1.807, 2.05) is 4.57 Å². The second-order valence-corrected chi connectivity index (χ2v) is 6.98. The summed E-state index contributed by atoms with van der Waals surface area (Å²) in [7, 11) is 0. The van der Waals surface area contributed by atoms with Crippen molar-refractivity contribution in [2.75, 3.05) is 0 Å². The molecule has 1 heterocycles. The minimum absolute atomic E-state index is 0.0640. The van der Waals surface area contributed by atoms with Gasteiger partial charge in [-0.05, 0) is 42.0 Å². The summed E-state index contributed by atoms with van der Waals surface area (Å²) in [6.07, 6.45) is 1.70. The van der Waals surface area contributed by atoms with Crippen LogP contribution in [0.25, 0.3) is 11.4 Å². The first-order valence-corrected chi connectivity index (χ1v) is 9.50. The number of hydrogen-bond donors (Lipinski definition) is 0. The van der Waals surface area contributed by atoms with E-state index in [1.54, 1.807) is 24.3 Å². The van der Waals surface area contributed by atoms with Crippen molar-refractivity contribution in [3.63, 3.8) is 0 Å². The van der Waals surface area contributed by atoms with E-state index in [1.165, 1.54) is 36.0 Å². The Morgan fingerprint density at radius 1 is 1.18 bits per heavy atom. The van der Waals surface area contributed by atoms with Crippen LogP contribution >= 0.6 is 23.4 Å². The van der Waals surface area contributed by atoms with Crippen molar-refractivity contribution in [2.45, 2.75) is 24.1 Å². The minimum atomic E-state index is -2.88. The maximum atomic E-state index is 13.2. The molecule has 0 bridgehead atoms. The molecule has 0 aliphatic heterocycles. The molecular formula is C19H15ClF3N3OS. The Kier molecular flexibility index (Phi) is 6.64. The Morgan fingerprint density at radius 2 is 1.93 bits per heavy atom. The molecule has 0 spiro atoms. The predicted molar refractivity (Wildman–Crippen MR) is 103 cm³/mol. The first-order chi connectivity index (χ1) is 13.5. The van der Waals surface area contributed by atoms with Crippen molar-refractivity contribution in [2.24, 2.45) is 0 Å². The molecule has 3 aromatic rings. The number of benzene rings is 2. The van der Waals surface area contributed by atoms with Crippen LogP contribution in [0, 0.1) is 5.82 Å². The molecule has 4 nitrogen and oxygen atoms in total. The highest BCUT2D eigenvalue weighted by molar-refractivity contribution is 7.98. The van der Waals surface area contributed by atoms with E-state index in [0.717, 1.165) is 5.56 Å². The van der Waals surface area contributed by atoms with E-state index in [0.29, 0.717) is 33.9 Å². The van der Waals surface area contributed by atoms with Crippen LogP contribution < -0.4 is 4.74 Å². The monoisotopic (exact) mass is 425 g/mol.